The lowest BCUT2D eigenvalue weighted by Crippen LogP contribution is -2.53. The van der Waals surface area contributed by atoms with Crippen LogP contribution in [0.5, 0.6) is 0 Å². The van der Waals surface area contributed by atoms with Crippen molar-refractivity contribution in [1.29, 1.82) is 0 Å². The molecule has 1 aliphatic heterocycles. The van der Waals surface area contributed by atoms with Crippen molar-refractivity contribution in [2.24, 2.45) is 17.8 Å². The highest BCUT2D eigenvalue weighted by atomic mass is 16.3. The molecule has 2 heterocycles. The Morgan fingerprint density at radius 3 is 2.69 bits per heavy atom. The van der Waals surface area contributed by atoms with Gasteiger partial charge in [0.1, 0.15) is 24.1 Å². The summed E-state index contributed by atoms with van der Waals surface area (Å²) in [6.45, 7) is -0.126. The van der Waals surface area contributed by atoms with E-state index in [1.54, 1.807) is 4.90 Å². The van der Waals surface area contributed by atoms with E-state index in [4.69, 9.17) is 0 Å². The first-order valence-corrected chi connectivity index (χ1v) is 13.4. The molecule has 3 N–H and O–H groups in total. The number of aromatic nitrogens is 1. The number of hydrogen-bond acceptors (Lipinski definition) is 5. The number of carbonyl (C=O) groups excluding carboxylic acids is 4. The van der Waals surface area contributed by atoms with Crippen LogP contribution in [-0.2, 0) is 14.4 Å². The fourth-order valence-corrected chi connectivity index (χ4v) is 7.87. The fraction of sp³-hybridized carbons (Fsp3) is 0.704. The molecule has 1 saturated heterocycles. The number of H-pyrrole nitrogens is 1. The van der Waals surface area contributed by atoms with Gasteiger partial charge in [0, 0.05) is 24.6 Å². The number of amides is 2. The molecule has 8 nitrogen and oxygen atoms in total. The average Bonchev–Trinajstić information content (AvgIpc) is 3.66. The number of rotatable bonds is 7. The van der Waals surface area contributed by atoms with E-state index in [9.17, 15) is 24.3 Å². The van der Waals surface area contributed by atoms with Gasteiger partial charge in [0.05, 0.1) is 6.04 Å². The molecule has 0 spiro atoms. The number of hydrogen-bond donors (Lipinski definition) is 3. The van der Waals surface area contributed by atoms with Crippen LogP contribution >= 0.6 is 0 Å². The van der Waals surface area contributed by atoms with Crippen molar-refractivity contribution in [1.82, 2.24) is 15.2 Å². The summed E-state index contributed by atoms with van der Waals surface area (Å²) in [5.74, 6) is 0.364. The fourth-order valence-electron chi connectivity index (χ4n) is 7.87. The number of carbonyl (C=O) groups is 4. The molecule has 5 aliphatic rings. The van der Waals surface area contributed by atoms with E-state index in [2.05, 4.69) is 10.3 Å². The van der Waals surface area contributed by atoms with Crippen molar-refractivity contribution in [3.63, 3.8) is 0 Å². The second-order valence-electron chi connectivity index (χ2n) is 11.5. The normalized spacial score (nSPS) is 33.7. The van der Waals surface area contributed by atoms with Crippen molar-refractivity contribution in [3.05, 3.63) is 23.0 Å². The first-order valence-electron chi connectivity index (χ1n) is 13.4. The standard InChI is InChI=1S/C27H35N3O5/c31-13-23(33)20(10-15-3-2-6-22(15)32)29-26(34)25-18-5-1-4-17(18)12-30(25)27(35)21-11-19-14-7-8-16(9-14)24(19)28-21/h11,14-18,20,25,28,31H,1-10,12-13H2,(H,29,34)/t14?,15-,16?,17-,18-,20-,25-/m0/s1. The predicted molar refractivity (Wildman–Crippen MR) is 127 cm³/mol. The predicted octanol–water partition coefficient (Wildman–Crippen LogP) is 2.43. The van der Waals surface area contributed by atoms with Crippen molar-refractivity contribution >= 4 is 23.4 Å². The molecule has 4 aliphatic carbocycles. The highest BCUT2D eigenvalue weighted by molar-refractivity contribution is 5.99. The van der Waals surface area contributed by atoms with Crippen LogP contribution < -0.4 is 5.32 Å². The van der Waals surface area contributed by atoms with E-state index in [1.807, 2.05) is 6.07 Å². The van der Waals surface area contributed by atoms with E-state index in [-0.39, 0.29) is 41.8 Å². The second kappa shape index (κ2) is 8.87. The smallest absolute Gasteiger partial charge is 0.270 e. The summed E-state index contributed by atoms with van der Waals surface area (Å²) >= 11 is 0. The Hall–Kier alpha value is -2.48. The summed E-state index contributed by atoms with van der Waals surface area (Å²) < 4.78 is 0. The van der Waals surface area contributed by atoms with Crippen LogP contribution in [0.25, 0.3) is 0 Å². The molecule has 7 atom stereocenters. The van der Waals surface area contributed by atoms with Crippen LogP contribution in [-0.4, -0.2) is 63.6 Å². The zero-order valence-electron chi connectivity index (χ0n) is 20.1. The first kappa shape index (κ1) is 23.0. The lowest BCUT2D eigenvalue weighted by molar-refractivity contribution is -0.133. The molecule has 2 bridgehead atoms. The number of nitrogens with zero attached hydrogens (tertiary/aromatic N) is 1. The number of likely N-dealkylation sites (tertiary alicyclic amines) is 1. The van der Waals surface area contributed by atoms with Gasteiger partial charge in [0.25, 0.3) is 5.91 Å². The van der Waals surface area contributed by atoms with Crippen LogP contribution in [0.2, 0.25) is 0 Å². The molecular weight excluding hydrogens is 446 g/mol. The van der Waals surface area contributed by atoms with Crippen LogP contribution in [0.1, 0.15) is 97.8 Å². The highest BCUT2D eigenvalue weighted by Gasteiger charge is 2.50. The summed E-state index contributed by atoms with van der Waals surface area (Å²) in [6.07, 6.45) is 8.71. The maximum Gasteiger partial charge on any atom is 0.270 e. The topological polar surface area (TPSA) is 120 Å². The molecule has 35 heavy (non-hydrogen) atoms. The molecule has 1 aromatic rings. The Labute approximate surface area is 205 Å². The minimum Gasteiger partial charge on any atom is -0.389 e. The minimum absolute atomic E-state index is 0.0786. The third kappa shape index (κ3) is 3.85. The van der Waals surface area contributed by atoms with Gasteiger partial charge in [-0.2, -0.15) is 0 Å². The second-order valence-corrected chi connectivity index (χ2v) is 11.5. The lowest BCUT2D eigenvalue weighted by atomic mass is 9.91. The van der Waals surface area contributed by atoms with Crippen LogP contribution in [0.4, 0.5) is 0 Å². The first-order chi connectivity index (χ1) is 16.9. The molecule has 0 radical (unpaired) electrons. The van der Waals surface area contributed by atoms with Gasteiger partial charge in [-0.25, -0.2) is 0 Å². The van der Waals surface area contributed by atoms with E-state index in [0.29, 0.717) is 36.9 Å². The number of aromatic amines is 1. The van der Waals surface area contributed by atoms with Crippen LogP contribution in [0, 0.1) is 17.8 Å². The zero-order valence-corrected chi connectivity index (χ0v) is 20.1. The quantitative estimate of drug-likeness (QED) is 0.553. The van der Waals surface area contributed by atoms with Gasteiger partial charge in [-0.15, -0.1) is 0 Å². The minimum atomic E-state index is -0.901. The summed E-state index contributed by atoms with van der Waals surface area (Å²) in [7, 11) is 0. The molecular formula is C27H35N3O5. The van der Waals surface area contributed by atoms with Crippen molar-refractivity contribution in [2.45, 2.75) is 88.1 Å². The van der Waals surface area contributed by atoms with Crippen molar-refractivity contribution in [3.8, 4) is 0 Å². The van der Waals surface area contributed by atoms with Gasteiger partial charge >= 0.3 is 0 Å². The number of Topliss-reactive ketones (excluding diaryl/α,β-unsaturated/α-hetero) is 2. The number of nitrogens with one attached hydrogen (secondary N) is 2. The maximum absolute atomic E-state index is 13.7. The molecule has 188 valence electrons. The Bertz CT molecular complexity index is 1040. The molecule has 6 rings (SSSR count). The lowest BCUT2D eigenvalue weighted by Gasteiger charge is -2.29. The Morgan fingerprint density at radius 1 is 1.11 bits per heavy atom. The summed E-state index contributed by atoms with van der Waals surface area (Å²) in [5.41, 5.74) is 3.06. The largest absolute Gasteiger partial charge is 0.389 e. The van der Waals surface area contributed by atoms with E-state index in [1.165, 1.54) is 30.5 Å². The third-order valence-corrected chi connectivity index (χ3v) is 9.62. The van der Waals surface area contributed by atoms with E-state index in [0.717, 1.165) is 25.7 Å². The van der Waals surface area contributed by atoms with Gasteiger partial charge in [0.15, 0.2) is 5.78 Å². The monoisotopic (exact) mass is 481 g/mol. The Morgan fingerprint density at radius 2 is 1.94 bits per heavy atom. The van der Waals surface area contributed by atoms with Gasteiger partial charge in [-0.1, -0.05) is 6.42 Å². The SMILES string of the molecule is O=C1CCC[C@H]1C[C@H](NC(=O)[C@@H]1[C@H]2CCC[C@H]2CN1C(=O)c1cc2c([nH]1)C1CCC2C1)C(=O)CO. The highest BCUT2D eigenvalue weighted by Crippen LogP contribution is 2.53. The van der Waals surface area contributed by atoms with Crippen LogP contribution in [0.3, 0.4) is 0 Å². The van der Waals surface area contributed by atoms with Gasteiger partial charge in [-0.05, 0) is 86.7 Å². The summed E-state index contributed by atoms with van der Waals surface area (Å²) in [5, 5.41) is 12.4. The van der Waals surface area contributed by atoms with E-state index < -0.39 is 24.5 Å². The Kier molecular flexibility index (Phi) is 5.82. The third-order valence-electron chi connectivity index (χ3n) is 9.62. The molecule has 2 amide bonds. The number of aliphatic hydroxyl groups is 1. The molecule has 1 aromatic heterocycles. The number of ketones is 2. The number of fused-ring (bicyclic) bond motifs is 6. The van der Waals surface area contributed by atoms with E-state index >= 15 is 0 Å². The van der Waals surface area contributed by atoms with Crippen molar-refractivity contribution in [2.75, 3.05) is 13.2 Å². The molecule has 4 fully saturated rings. The van der Waals surface area contributed by atoms with Gasteiger partial charge < -0.3 is 20.3 Å². The van der Waals surface area contributed by atoms with Gasteiger partial charge in [0.2, 0.25) is 5.91 Å². The zero-order chi connectivity index (χ0) is 24.3. The summed E-state index contributed by atoms with van der Waals surface area (Å²) in [4.78, 5) is 57.1. The number of aliphatic hydroxyl groups excluding tert-OH is 1. The molecule has 2 unspecified atom stereocenters. The van der Waals surface area contributed by atoms with Crippen LogP contribution in [0.15, 0.2) is 6.07 Å². The van der Waals surface area contributed by atoms with Gasteiger partial charge in [-0.3, -0.25) is 19.2 Å². The Balaban J connectivity index is 1.22. The molecule has 0 aromatic carbocycles. The molecule has 8 heteroatoms. The molecule has 3 saturated carbocycles. The average molecular weight is 482 g/mol. The van der Waals surface area contributed by atoms with Crippen molar-refractivity contribution < 1.29 is 24.3 Å². The maximum atomic E-state index is 13.7. The summed E-state index contributed by atoms with van der Waals surface area (Å²) in [6, 6.07) is 0.481.